The first-order chi connectivity index (χ1) is 12.5. The molecule has 2 saturated heterocycles. The molecule has 5 nitrogen and oxygen atoms in total. The maximum atomic E-state index is 13.0. The zero-order valence-corrected chi connectivity index (χ0v) is 15.9. The first-order valence-electron chi connectivity index (χ1n) is 9.90. The van der Waals surface area contributed by atoms with Gasteiger partial charge in [0.05, 0.1) is 5.92 Å². The van der Waals surface area contributed by atoms with Gasteiger partial charge in [0.25, 0.3) is 0 Å². The summed E-state index contributed by atoms with van der Waals surface area (Å²) in [7, 11) is 4.15. The van der Waals surface area contributed by atoms with E-state index < -0.39 is 0 Å². The number of fused-ring (bicyclic) bond motifs is 1. The van der Waals surface area contributed by atoms with Crippen molar-refractivity contribution in [1.29, 1.82) is 0 Å². The highest BCUT2D eigenvalue weighted by atomic mass is 16.2. The summed E-state index contributed by atoms with van der Waals surface area (Å²) in [6.07, 6.45) is 5.99. The molecule has 26 heavy (non-hydrogen) atoms. The highest BCUT2D eigenvalue weighted by molar-refractivity contribution is 6.00. The minimum absolute atomic E-state index is 0.0856. The van der Waals surface area contributed by atoms with Crippen molar-refractivity contribution in [2.75, 3.05) is 38.6 Å². The summed E-state index contributed by atoms with van der Waals surface area (Å²) in [6.45, 7) is 2.14. The number of hydrogen-bond donors (Lipinski definition) is 0. The number of rotatable bonds is 3. The molecule has 0 spiro atoms. The Balaban J connectivity index is 1.45. The summed E-state index contributed by atoms with van der Waals surface area (Å²) in [5.74, 6) is 0.0488. The van der Waals surface area contributed by atoms with Crippen LogP contribution in [0.5, 0.6) is 0 Å². The highest BCUT2D eigenvalue weighted by Gasteiger charge is 2.38. The van der Waals surface area contributed by atoms with Crippen molar-refractivity contribution in [3.63, 3.8) is 0 Å². The lowest BCUT2D eigenvalue weighted by molar-refractivity contribution is -0.137. The predicted molar refractivity (Wildman–Crippen MR) is 102 cm³/mol. The average molecular weight is 355 g/mol. The Hall–Kier alpha value is -1.88. The SMILES string of the molecule is CN(C)C1CCCN(C(=O)C2CC(=O)N(c3ccc4c(c3)CCC4)C2)C1. The van der Waals surface area contributed by atoms with Gasteiger partial charge < -0.3 is 14.7 Å². The van der Waals surface area contributed by atoms with Crippen LogP contribution in [0.4, 0.5) is 5.69 Å². The number of piperidine rings is 1. The van der Waals surface area contributed by atoms with E-state index in [1.54, 1.807) is 0 Å². The van der Waals surface area contributed by atoms with Gasteiger partial charge in [0.15, 0.2) is 0 Å². The summed E-state index contributed by atoms with van der Waals surface area (Å²) in [6, 6.07) is 6.80. The Morgan fingerprint density at radius 1 is 1.12 bits per heavy atom. The Morgan fingerprint density at radius 2 is 1.92 bits per heavy atom. The van der Waals surface area contributed by atoms with E-state index in [0.29, 0.717) is 19.0 Å². The van der Waals surface area contributed by atoms with Crippen LogP contribution < -0.4 is 4.90 Å². The third-order valence-corrected chi connectivity index (χ3v) is 6.31. The molecule has 0 saturated carbocycles. The molecule has 2 atom stereocenters. The fraction of sp³-hybridized carbons (Fsp3) is 0.619. The van der Waals surface area contributed by atoms with Gasteiger partial charge in [-0.25, -0.2) is 0 Å². The summed E-state index contributed by atoms with van der Waals surface area (Å²) in [4.78, 5) is 31.6. The molecule has 1 aliphatic carbocycles. The molecule has 3 aliphatic rings. The fourth-order valence-electron chi connectivity index (χ4n) is 4.68. The second-order valence-corrected chi connectivity index (χ2v) is 8.26. The Bertz CT molecular complexity index is 715. The highest BCUT2D eigenvalue weighted by Crippen LogP contribution is 2.31. The Labute approximate surface area is 155 Å². The summed E-state index contributed by atoms with van der Waals surface area (Å²) in [5.41, 5.74) is 3.75. The molecule has 0 N–H and O–H groups in total. The van der Waals surface area contributed by atoms with Gasteiger partial charge in [-0.3, -0.25) is 9.59 Å². The number of nitrogens with zero attached hydrogens (tertiary/aromatic N) is 3. The van der Waals surface area contributed by atoms with Crippen molar-refractivity contribution in [3.05, 3.63) is 29.3 Å². The maximum absolute atomic E-state index is 13.0. The predicted octanol–water partition coefficient (Wildman–Crippen LogP) is 2.08. The zero-order chi connectivity index (χ0) is 18.3. The van der Waals surface area contributed by atoms with Gasteiger partial charge in [-0.15, -0.1) is 0 Å². The van der Waals surface area contributed by atoms with Gasteiger partial charge in [0, 0.05) is 37.8 Å². The monoisotopic (exact) mass is 355 g/mol. The van der Waals surface area contributed by atoms with Gasteiger partial charge in [0.1, 0.15) is 0 Å². The lowest BCUT2D eigenvalue weighted by atomic mass is 10.0. The number of carbonyl (C=O) groups excluding carboxylic acids is 2. The van der Waals surface area contributed by atoms with E-state index in [0.717, 1.165) is 44.5 Å². The second-order valence-electron chi connectivity index (χ2n) is 8.26. The smallest absolute Gasteiger partial charge is 0.228 e. The van der Waals surface area contributed by atoms with Crippen LogP contribution >= 0.6 is 0 Å². The molecule has 2 fully saturated rings. The lowest BCUT2D eigenvalue weighted by Crippen LogP contribution is -2.49. The van der Waals surface area contributed by atoms with Crippen LogP contribution in [0.15, 0.2) is 18.2 Å². The zero-order valence-electron chi connectivity index (χ0n) is 15.9. The van der Waals surface area contributed by atoms with Crippen LogP contribution in [0.2, 0.25) is 0 Å². The molecule has 2 aliphatic heterocycles. The molecule has 140 valence electrons. The number of amides is 2. The van der Waals surface area contributed by atoms with Crippen molar-refractivity contribution >= 4 is 17.5 Å². The molecule has 5 heteroatoms. The van der Waals surface area contributed by atoms with E-state index >= 15 is 0 Å². The van der Waals surface area contributed by atoms with Gasteiger partial charge in [-0.2, -0.15) is 0 Å². The maximum Gasteiger partial charge on any atom is 0.228 e. The first-order valence-corrected chi connectivity index (χ1v) is 9.90. The van der Waals surface area contributed by atoms with Crippen molar-refractivity contribution in [2.24, 2.45) is 5.92 Å². The van der Waals surface area contributed by atoms with Gasteiger partial charge in [0.2, 0.25) is 11.8 Å². The number of likely N-dealkylation sites (tertiary alicyclic amines) is 1. The van der Waals surface area contributed by atoms with Crippen molar-refractivity contribution in [1.82, 2.24) is 9.80 Å². The normalized spacial score (nSPS) is 25.9. The van der Waals surface area contributed by atoms with Crippen molar-refractivity contribution in [3.8, 4) is 0 Å². The third kappa shape index (κ3) is 3.25. The molecule has 0 bridgehead atoms. The van der Waals surface area contributed by atoms with Crippen LogP contribution in [0.1, 0.15) is 36.8 Å². The number of likely N-dealkylation sites (N-methyl/N-ethyl adjacent to an activating group) is 1. The molecule has 2 amide bonds. The van der Waals surface area contributed by atoms with Crippen LogP contribution in [0.25, 0.3) is 0 Å². The van der Waals surface area contributed by atoms with Gasteiger partial charge in [-0.1, -0.05) is 6.07 Å². The molecule has 1 aromatic carbocycles. The molecular weight excluding hydrogens is 326 g/mol. The van der Waals surface area contributed by atoms with Crippen molar-refractivity contribution < 1.29 is 9.59 Å². The molecule has 0 radical (unpaired) electrons. The van der Waals surface area contributed by atoms with E-state index in [-0.39, 0.29) is 17.7 Å². The van der Waals surface area contributed by atoms with E-state index in [1.165, 1.54) is 17.5 Å². The first kappa shape index (κ1) is 17.5. The largest absolute Gasteiger partial charge is 0.341 e. The van der Waals surface area contributed by atoms with E-state index in [4.69, 9.17) is 0 Å². The van der Waals surface area contributed by atoms with Gasteiger partial charge >= 0.3 is 0 Å². The summed E-state index contributed by atoms with van der Waals surface area (Å²) in [5, 5.41) is 0. The minimum Gasteiger partial charge on any atom is -0.341 e. The average Bonchev–Trinajstić information content (AvgIpc) is 3.26. The Morgan fingerprint density at radius 3 is 2.73 bits per heavy atom. The summed E-state index contributed by atoms with van der Waals surface area (Å²) >= 11 is 0. The van der Waals surface area contributed by atoms with Crippen LogP contribution in [-0.4, -0.2) is 61.4 Å². The van der Waals surface area contributed by atoms with Crippen molar-refractivity contribution in [2.45, 2.75) is 44.6 Å². The van der Waals surface area contributed by atoms with Crippen LogP contribution in [-0.2, 0) is 22.4 Å². The second kappa shape index (κ2) is 7.03. The topological polar surface area (TPSA) is 43.9 Å². The fourth-order valence-corrected chi connectivity index (χ4v) is 4.68. The van der Waals surface area contributed by atoms with E-state index in [9.17, 15) is 9.59 Å². The number of anilines is 1. The summed E-state index contributed by atoms with van der Waals surface area (Å²) < 4.78 is 0. The number of benzene rings is 1. The molecule has 4 rings (SSSR count). The standard InChI is InChI=1S/C21H29N3O2/c1-22(2)19-7-4-10-23(14-19)21(26)17-12-20(25)24(13-17)18-9-8-15-5-3-6-16(15)11-18/h8-9,11,17,19H,3-7,10,12-14H2,1-2H3. The molecule has 2 unspecified atom stereocenters. The Kier molecular flexibility index (Phi) is 4.74. The van der Waals surface area contributed by atoms with Crippen LogP contribution in [0, 0.1) is 5.92 Å². The number of carbonyl (C=O) groups is 2. The molecule has 1 aromatic rings. The number of aryl methyl sites for hydroxylation is 2. The third-order valence-electron chi connectivity index (χ3n) is 6.31. The van der Waals surface area contributed by atoms with E-state index in [2.05, 4.69) is 37.2 Å². The van der Waals surface area contributed by atoms with E-state index in [1.807, 2.05) is 9.80 Å². The molecular formula is C21H29N3O2. The lowest BCUT2D eigenvalue weighted by Gasteiger charge is -2.37. The number of hydrogen-bond acceptors (Lipinski definition) is 3. The molecule has 0 aromatic heterocycles. The quantitative estimate of drug-likeness (QED) is 0.834. The van der Waals surface area contributed by atoms with Crippen LogP contribution in [0.3, 0.4) is 0 Å². The molecule has 2 heterocycles. The minimum atomic E-state index is -0.198. The van der Waals surface area contributed by atoms with Gasteiger partial charge in [-0.05, 0) is 69.5 Å².